The van der Waals surface area contributed by atoms with E-state index in [9.17, 15) is 9.90 Å². The lowest BCUT2D eigenvalue weighted by molar-refractivity contribution is -0.149. The first-order valence-corrected chi connectivity index (χ1v) is 5.92. The molecule has 1 fully saturated rings. The highest BCUT2D eigenvalue weighted by atomic mass is 16.5. The van der Waals surface area contributed by atoms with Crippen molar-refractivity contribution >= 4 is 5.97 Å². The average molecular weight is 214 g/mol. The van der Waals surface area contributed by atoms with Crippen molar-refractivity contribution in [2.45, 2.75) is 46.0 Å². The van der Waals surface area contributed by atoms with Gasteiger partial charge in [-0.15, -0.1) is 0 Å². The van der Waals surface area contributed by atoms with E-state index in [0.717, 1.165) is 38.7 Å². The van der Waals surface area contributed by atoms with Crippen LogP contribution in [-0.4, -0.2) is 24.3 Å². The number of hydrogen-bond donors (Lipinski definition) is 1. The largest absolute Gasteiger partial charge is 0.481 e. The van der Waals surface area contributed by atoms with Crippen molar-refractivity contribution in [2.75, 3.05) is 13.2 Å². The Morgan fingerprint density at radius 1 is 1.60 bits per heavy atom. The molecule has 88 valence electrons. The number of hydrogen-bond acceptors (Lipinski definition) is 2. The van der Waals surface area contributed by atoms with E-state index in [1.54, 1.807) is 0 Å². The standard InChI is InChI=1S/C12H22O3/c1-3-15-8-4-6-12(11(13)14)7-5-10(2)9-12/h10H,3-9H2,1-2H3,(H,13,14). The Hall–Kier alpha value is -0.570. The number of rotatable bonds is 6. The minimum absolute atomic E-state index is 0.448. The van der Waals surface area contributed by atoms with Gasteiger partial charge in [0.2, 0.25) is 0 Å². The van der Waals surface area contributed by atoms with E-state index in [-0.39, 0.29) is 0 Å². The van der Waals surface area contributed by atoms with Gasteiger partial charge < -0.3 is 9.84 Å². The van der Waals surface area contributed by atoms with Crippen molar-refractivity contribution in [3.63, 3.8) is 0 Å². The highest BCUT2D eigenvalue weighted by molar-refractivity contribution is 5.75. The molecule has 2 atom stereocenters. The molecule has 3 nitrogen and oxygen atoms in total. The summed E-state index contributed by atoms with van der Waals surface area (Å²) in [7, 11) is 0. The maximum atomic E-state index is 11.3. The number of ether oxygens (including phenoxy) is 1. The van der Waals surface area contributed by atoms with Gasteiger partial charge in [0.1, 0.15) is 0 Å². The maximum Gasteiger partial charge on any atom is 0.309 e. The van der Waals surface area contributed by atoms with E-state index in [2.05, 4.69) is 6.92 Å². The van der Waals surface area contributed by atoms with Crippen molar-refractivity contribution in [3.8, 4) is 0 Å². The molecule has 1 aliphatic carbocycles. The zero-order valence-corrected chi connectivity index (χ0v) is 9.79. The van der Waals surface area contributed by atoms with Crippen molar-refractivity contribution in [2.24, 2.45) is 11.3 Å². The Labute approximate surface area is 91.8 Å². The van der Waals surface area contributed by atoms with Crippen LogP contribution in [0.5, 0.6) is 0 Å². The van der Waals surface area contributed by atoms with Crippen molar-refractivity contribution in [3.05, 3.63) is 0 Å². The molecule has 0 aromatic rings. The van der Waals surface area contributed by atoms with Crippen LogP contribution in [0.25, 0.3) is 0 Å². The summed E-state index contributed by atoms with van der Waals surface area (Å²) >= 11 is 0. The van der Waals surface area contributed by atoms with Gasteiger partial charge in [0.15, 0.2) is 0 Å². The highest BCUT2D eigenvalue weighted by Crippen LogP contribution is 2.45. The van der Waals surface area contributed by atoms with E-state index >= 15 is 0 Å². The van der Waals surface area contributed by atoms with Gasteiger partial charge >= 0.3 is 5.97 Å². The van der Waals surface area contributed by atoms with E-state index < -0.39 is 11.4 Å². The molecule has 1 rings (SSSR count). The van der Waals surface area contributed by atoms with Gasteiger partial charge in [-0.05, 0) is 44.9 Å². The zero-order valence-electron chi connectivity index (χ0n) is 9.79. The molecule has 3 heteroatoms. The van der Waals surface area contributed by atoms with Gasteiger partial charge in [-0.3, -0.25) is 4.79 Å². The Morgan fingerprint density at radius 3 is 2.80 bits per heavy atom. The summed E-state index contributed by atoms with van der Waals surface area (Å²) in [5.41, 5.74) is -0.448. The lowest BCUT2D eigenvalue weighted by atomic mass is 9.81. The van der Waals surface area contributed by atoms with Crippen molar-refractivity contribution in [1.29, 1.82) is 0 Å². The van der Waals surface area contributed by atoms with Crippen LogP contribution in [0.15, 0.2) is 0 Å². The van der Waals surface area contributed by atoms with Gasteiger partial charge in [0, 0.05) is 13.2 Å². The topological polar surface area (TPSA) is 46.5 Å². The highest BCUT2D eigenvalue weighted by Gasteiger charge is 2.43. The summed E-state index contributed by atoms with van der Waals surface area (Å²) in [6.07, 6.45) is 4.38. The van der Waals surface area contributed by atoms with Crippen LogP contribution in [0.3, 0.4) is 0 Å². The van der Waals surface area contributed by atoms with Crippen LogP contribution < -0.4 is 0 Å². The third-order valence-electron chi connectivity index (χ3n) is 3.46. The number of carboxylic acid groups (broad SMARTS) is 1. The molecular weight excluding hydrogens is 192 g/mol. The normalized spacial score (nSPS) is 30.7. The third-order valence-corrected chi connectivity index (χ3v) is 3.46. The predicted octanol–water partition coefficient (Wildman–Crippen LogP) is 2.69. The van der Waals surface area contributed by atoms with Gasteiger partial charge in [-0.25, -0.2) is 0 Å². The first kappa shape index (κ1) is 12.5. The molecule has 0 aromatic heterocycles. The number of carbonyl (C=O) groups is 1. The van der Waals surface area contributed by atoms with E-state index in [4.69, 9.17) is 4.74 Å². The molecule has 0 aromatic carbocycles. The fraction of sp³-hybridized carbons (Fsp3) is 0.917. The SMILES string of the molecule is CCOCCCC1(C(=O)O)CCC(C)C1. The second-order valence-electron chi connectivity index (χ2n) is 4.73. The fourth-order valence-electron chi connectivity index (χ4n) is 2.58. The second kappa shape index (κ2) is 5.50. The summed E-state index contributed by atoms with van der Waals surface area (Å²) in [5, 5.41) is 9.30. The molecule has 1 aliphatic rings. The van der Waals surface area contributed by atoms with Crippen LogP contribution in [0.1, 0.15) is 46.0 Å². The van der Waals surface area contributed by atoms with E-state index in [1.807, 2.05) is 6.92 Å². The summed E-state index contributed by atoms with van der Waals surface area (Å²) in [5.74, 6) is -0.0449. The molecule has 1 N–H and O–H groups in total. The average Bonchev–Trinajstić information content (AvgIpc) is 2.56. The summed E-state index contributed by atoms with van der Waals surface area (Å²) in [6, 6.07) is 0. The first-order valence-electron chi connectivity index (χ1n) is 5.92. The van der Waals surface area contributed by atoms with Crippen LogP contribution in [0.2, 0.25) is 0 Å². The van der Waals surface area contributed by atoms with E-state index in [0.29, 0.717) is 12.5 Å². The molecule has 0 bridgehead atoms. The van der Waals surface area contributed by atoms with Gasteiger partial charge in [0.25, 0.3) is 0 Å². The number of carboxylic acids is 1. The minimum Gasteiger partial charge on any atom is -0.481 e. The van der Waals surface area contributed by atoms with E-state index in [1.165, 1.54) is 0 Å². The van der Waals surface area contributed by atoms with Gasteiger partial charge in [-0.1, -0.05) is 6.92 Å². The Kier molecular flexibility index (Phi) is 4.58. The molecule has 2 unspecified atom stereocenters. The lowest BCUT2D eigenvalue weighted by Crippen LogP contribution is -2.28. The van der Waals surface area contributed by atoms with Gasteiger partial charge in [0.05, 0.1) is 5.41 Å². The monoisotopic (exact) mass is 214 g/mol. The number of aliphatic carboxylic acids is 1. The molecule has 0 amide bonds. The molecule has 0 radical (unpaired) electrons. The first-order chi connectivity index (χ1) is 7.10. The summed E-state index contributed by atoms with van der Waals surface area (Å²) < 4.78 is 5.25. The van der Waals surface area contributed by atoms with Crippen molar-refractivity contribution in [1.82, 2.24) is 0 Å². The quantitative estimate of drug-likeness (QED) is 0.691. The molecule has 1 saturated carbocycles. The molecule has 0 heterocycles. The molecule has 0 spiro atoms. The minimum atomic E-state index is -0.608. The predicted molar refractivity (Wildman–Crippen MR) is 58.8 cm³/mol. The second-order valence-corrected chi connectivity index (χ2v) is 4.73. The summed E-state index contributed by atoms with van der Waals surface area (Å²) in [4.78, 5) is 11.3. The molecule has 15 heavy (non-hydrogen) atoms. The summed E-state index contributed by atoms with van der Waals surface area (Å²) in [6.45, 7) is 5.52. The smallest absolute Gasteiger partial charge is 0.309 e. The van der Waals surface area contributed by atoms with Crippen LogP contribution in [-0.2, 0) is 9.53 Å². The Balaban J connectivity index is 2.41. The van der Waals surface area contributed by atoms with Crippen molar-refractivity contribution < 1.29 is 14.6 Å². The lowest BCUT2D eigenvalue weighted by Gasteiger charge is -2.23. The molecular formula is C12H22O3. The Morgan fingerprint density at radius 2 is 2.33 bits per heavy atom. The zero-order chi connectivity index (χ0) is 11.3. The van der Waals surface area contributed by atoms with Gasteiger partial charge in [-0.2, -0.15) is 0 Å². The van der Waals surface area contributed by atoms with Crippen LogP contribution >= 0.6 is 0 Å². The Bertz CT molecular complexity index is 215. The third kappa shape index (κ3) is 3.20. The molecule has 0 saturated heterocycles. The molecule has 0 aliphatic heterocycles. The van der Waals surface area contributed by atoms with Crippen LogP contribution in [0.4, 0.5) is 0 Å². The van der Waals surface area contributed by atoms with Crippen LogP contribution in [0, 0.1) is 11.3 Å². The fourth-order valence-corrected chi connectivity index (χ4v) is 2.58. The maximum absolute atomic E-state index is 11.3.